The van der Waals surface area contributed by atoms with Gasteiger partial charge in [-0.2, -0.15) is 0 Å². The summed E-state index contributed by atoms with van der Waals surface area (Å²) in [5.74, 6) is 1.05. The number of amides is 1. The summed E-state index contributed by atoms with van der Waals surface area (Å²) in [5, 5.41) is 3.23. The summed E-state index contributed by atoms with van der Waals surface area (Å²) in [7, 11) is 0.117. The Bertz CT molecular complexity index is 507. The molecule has 1 rings (SSSR count). The summed E-state index contributed by atoms with van der Waals surface area (Å²) in [6.45, 7) is 13.0. The average Bonchev–Trinajstić information content (AvgIpc) is 2.55. The van der Waals surface area contributed by atoms with E-state index in [1.54, 1.807) is 7.11 Å². The number of hydrogen-bond donors (Lipinski definition) is 1. The van der Waals surface area contributed by atoms with Gasteiger partial charge in [0.05, 0.1) is 0 Å². The van der Waals surface area contributed by atoms with E-state index in [-0.39, 0.29) is 11.6 Å². The van der Waals surface area contributed by atoms with Crippen molar-refractivity contribution in [2.45, 2.75) is 53.6 Å². The summed E-state index contributed by atoms with van der Waals surface area (Å²) in [5.41, 5.74) is 3.24. The number of carbonyl (C=O) groups is 1. The molecule has 0 aliphatic rings. The fourth-order valence-corrected chi connectivity index (χ4v) is 8.31. The van der Waals surface area contributed by atoms with Gasteiger partial charge in [0.15, 0.2) is 0 Å². The second-order valence-corrected chi connectivity index (χ2v) is 12.1. The third-order valence-corrected chi connectivity index (χ3v) is 11.9. The topological polar surface area (TPSA) is 38.3 Å². The van der Waals surface area contributed by atoms with Crippen molar-refractivity contribution >= 4 is 18.9 Å². The van der Waals surface area contributed by atoms with Crippen LogP contribution < -0.4 is 10.1 Å². The van der Waals surface area contributed by atoms with Crippen LogP contribution in [-0.4, -0.2) is 37.2 Å². The van der Waals surface area contributed by atoms with Crippen LogP contribution in [0.4, 0.5) is 5.69 Å². The van der Waals surface area contributed by atoms with Gasteiger partial charge in [-0.1, -0.05) is 0 Å². The number of carbonyl (C=O) groups excluding carboxylic acids is 1. The van der Waals surface area contributed by atoms with Crippen LogP contribution in [0.2, 0.25) is 0 Å². The van der Waals surface area contributed by atoms with Crippen LogP contribution >= 0.6 is 7.26 Å². The molecule has 1 unspecified atom stereocenters. The van der Waals surface area contributed by atoms with Crippen molar-refractivity contribution in [1.82, 2.24) is 0 Å². The SMILES string of the molecule is CCC(C(=O)Nc1c(C)cc(OC)cc1C)[PH](CC)(CC)CC. The van der Waals surface area contributed by atoms with Gasteiger partial charge >= 0.3 is 142 Å². The van der Waals surface area contributed by atoms with Crippen molar-refractivity contribution in [3.8, 4) is 5.75 Å². The molecule has 0 aliphatic heterocycles. The standard InChI is InChI=1S/C19H34NO2P/c1-8-17(23(9-2,10-3)11-4)19(21)20-18-14(5)12-16(22-7)13-15(18)6/h12-13,17,23H,8-11H2,1-7H3,(H,20,21). The van der Waals surface area contributed by atoms with Crippen LogP contribution in [0.15, 0.2) is 12.1 Å². The molecule has 4 heteroatoms. The second-order valence-electron chi connectivity index (χ2n) is 6.51. The van der Waals surface area contributed by atoms with E-state index < -0.39 is 7.26 Å². The van der Waals surface area contributed by atoms with E-state index in [9.17, 15) is 4.79 Å². The fraction of sp³-hybridized carbons (Fsp3) is 0.632. The van der Waals surface area contributed by atoms with Crippen LogP contribution in [0.25, 0.3) is 0 Å². The summed E-state index contributed by atoms with van der Waals surface area (Å²) in [6.07, 6.45) is 4.45. The van der Waals surface area contributed by atoms with E-state index in [1.165, 1.54) is 18.5 Å². The summed E-state index contributed by atoms with van der Waals surface area (Å²) < 4.78 is 5.31. The number of hydrogen-bond acceptors (Lipinski definition) is 2. The third kappa shape index (κ3) is 4.26. The zero-order chi connectivity index (χ0) is 17.6. The van der Waals surface area contributed by atoms with Gasteiger partial charge < -0.3 is 0 Å². The first kappa shape index (κ1) is 20.0. The second kappa shape index (κ2) is 8.68. The Labute approximate surface area is 142 Å². The number of aryl methyl sites for hydroxylation is 2. The molecule has 1 aromatic carbocycles. The van der Waals surface area contributed by atoms with Gasteiger partial charge in [-0.25, -0.2) is 0 Å². The van der Waals surface area contributed by atoms with Gasteiger partial charge in [-0.15, -0.1) is 0 Å². The predicted octanol–water partition coefficient (Wildman–Crippen LogP) is 4.84. The molecule has 1 amide bonds. The van der Waals surface area contributed by atoms with Gasteiger partial charge in [-0.05, 0) is 0 Å². The molecule has 0 heterocycles. The first-order chi connectivity index (χ1) is 10.9. The molecule has 1 atom stereocenters. The predicted molar refractivity (Wildman–Crippen MR) is 105 cm³/mol. The summed E-state index contributed by atoms with van der Waals surface area (Å²) in [4.78, 5) is 13.0. The van der Waals surface area contributed by atoms with Crippen LogP contribution in [0.3, 0.4) is 0 Å². The van der Waals surface area contributed by atoms with E-state index in [4.69, 9.17) is 4.74 Å². The molecule has 0 saturated heterocycles. The van der Waals surface area contributed by atoms with E-state index in [0.717, 1.165) is 29.0 Å². The Morgan fingerprint density at radius 3 is 1.91 bits per heavy atom. The van der Waals surface area contributed by atoms with Crippen LogP contribution in [-0.2, 0) is 4.79 Å². The molecule has 0 fully saturated rings. The molecule has 0 aliphatic carbocycles. The van der Waals surface area contributed by atoms with Crippen molar-refractivity contribution in [2.75, 3.05) is 30.9 Å². The first-order valence-electron chi connectivity index (χ1n) is 8.85. The molecular weight excluding hydrogens is 305 g/mol. The molecule has 0 spiro atoms. The van der Waals surface area contributed by atoms with E-state index in [1.807, 2.05) is 26.0 Å². The Morgan fingerprint density at radius 1 is 1.09 bits per heavy atom. The average molecular weight is 339 g/mol. The molecule has 1 aromatic rings. The fourth-order valence-electron chi connectivity index (χ4n) is 3.83. The normalized spacial score (nSPS) is 13.5. The summed E-state index contributed by atoms with van der Waals surface area (Å²) in [6, 6.07) is 3.96. The maximum atomic E-state index is 13.0. The molecule has 23 heavy (non-hydrogen) atoms. The van der Waals surface area contributed by atoms with Crippen LogP contribution in [0.1, 0.15) is 45.2 Å². The number of nitrogens with one attached hydrogen (secondary N) is 1. The zero-order valence-electron chi connectivity index (χ0n) is 15.9. The quantitative estimate of drug-likeness (QED) is 0.688. The van der Waals surface area contributed by atoms with Gasteiger partial charge in [-0.3, -0.25) is 0 Å². The van der Waals surface area contributed by atoms with Gasteiger partial charge in [0.25, 0.3) is 0 Å². The summed E-state index contributed by atoms with van der Waals surface area (Å²) >= 11 is 0. The maximum absolute atomic E-state index is 13.0. The van der Waals surface area contributed by atoms with Crippen molar-refractivity contribution in [2.24, 2.45) is 0 Å². The van der Waals surface area contributed by atoms with E-state index >= 15 is 0 Å². The first-order valence-corrected chi connectivity index (χ1v) is 11.5. The Hall–Kier alpha value is -1.08. The van der Waals surface area contributed by atoms with Gasteiger partial charge in [0, 0.05) is 0 Å². The minimum atomic E-state index is -1.55. The van der Waals surface area contributed by atoms with Gasteiger partial charge in [0.1, 0.15) is 0 Å². The van der Waals surface area contributed by atoms with E-state index in [2.05, 4.69) is 33.0 Å². The molecule has 0 radical (unpaired) electrons. The minimum absolute atomic E-state index is 0.184. The number of rotatable bonds is 8. The van der Waals surface area contributed by atoms with Crippen molar-refractivity contribution < 1.29 is 9.53 Å². The molecule has 0 saturated carbocycles. The molecular formula is C19H34NO2P. The Morgan fingerprint density at radius 2 is 1.57 bits per heavy atom. The van der Waals surface area contributed by atoms with Crippen LogP contribution in [0, 0.1) is 13.8 Å². The van der Waals surface area contributed by atoms with Crippen molar-refractivity contribution in [3.63, 3.8) is 0 Å². The molecule has 1 N–H and O–H groups in total. The molecule has 132 valence electrons. The van der Waals surface area contributed by atoms with E-state index in [0.29, 0.717) is 0 Å². The Kier molecular flexibility index (Phi) is 7.54. The molecule has 0 aromatic heterocycles. The van der Waals surface area contributed by atoms with Crippen LogP contribution in [0.5, 0.6) is 5.75 Å². The zero-order valence-corrected chi connectivity index (χ0v) is 16.9. The number of anilines is 1. The number of methoxy groups -OCH3 is 1. The van der Waals surface area contributed by atoms with Crippen molar-refractivity contribution in [3.05, 3.63) is 23.3 Å². The number of ether oxygens (including phenoxy) is 1. The Balaban J connectivity index is 3.10. The number of benzene rings is 1. The van der Waals surface area contributed by atoms with Gasteiger partial charge in [0.2, 0.25) is 0 Å². The molecule has 0 bridgehead atoms. The third-order valence-electron chi connectivity index (χ3n) is 5.57. The molecule has 3 nitrogen and oxygen atoms in total. The monoisotopic (exact) mass is 339 g/mol. The van der Waals surface area contributed by atoms with Crippen molar-refractivity contribution in [1.29, 1.82) is 0 Å².